The molecule has 18 heavy (non-hydrogen) atoms. The van der Waals surface area contributed by atoms with Crippen molar-refractivity contribution in [1.82, 2.24) is 5.32 Å². The Bertz CT molecular complexity index is 297. The summed E-state index contributed by atoms with van der Waals surface area (Å²) in [6.45, 7) is 3.66. The molecule has 7 heteroatoms. The summed E-state index contributed by atoms with van der Waals surface area (Å²) in [5, 5.41) is 11.8. The molecular weight excluding hydrogens is 265 g/mol. The van der Waals surface area contributed by atoms with Gasteiger partial charge in [0.2, 0.25) is 0 Å². The van der Waals surface area contributed by atoms with E-state index < -0.39 is 18.0 Å². The Balaban J connectivity index is 0. The van der Waals surface area contributed by atoms with Crippen molar-refractivity contribution in [2.24, 2.45) is 0 Å². The Morgan fingerprint density at radius 2 is 2.11 bits per heavy atom. The second-order valence-corrected chi connectivity index (χ2v) is 4.38. The third-order valence-corrected chi connectivity index (χ3v) is 2.58. The van der Waals surface area contributed by atoms with Gasteiger partial charge in [0.05, 0.1) is 6.61 Å². The predicted molar refractivity (Wildman–Crippen MR) is 75.1 cm³/mol. The van der Waals surface area contributed by atoms with Crippen LogP contribution in [0.4, 0.5) is 0 Å². The number of carbonyl (C=O) groups excluding carboxylic acids is 1. The van der Waals surface area contributed by atoms with Crippen molar-refractivity contribution in [2.45, 2.75) is 26.3 Å². The fraction of sp³-hybridized carbons (Fsp3) is 0.636. The molecule has 100 valence electrons. The summed E-state index contributed by atoms with van der Waals surface area (Å²) in [6.07, 6.45) is 3.68. The van der Waals surface area contributed by atoms with Crippen LogP contribution in [-0.2, 0) is 14.3 Å². The zero-order valence-electron chi connectivity index (χ0n) is 10.4. The summed E-state index contributed by atoms with van der Waals surface area (Å²) in [7, 11) is 0. The topological polar surface area (TPSA) is 75.6 Å². The first-order valence-corrected chi connectivity index (χ1v) is 6.74. The molecule has 0 aliphatic carbocycles. The summed E-state index contributed by atoms with van der Waals surface area (Å²) >= 11 is 1.58. The van der Waals surface area contributed by atoms with Crippen LogP contribution in [0.25, 0.3) is 0 Å². The zero-order chi connectivity index (χ0) is 13.3. The summed E-state index contributed by atoms with van der Waals surface area (Å²) in [5.41, 5.74) is 0.497. The Kier molecular flexibility index (Phi) is 13.3. The summed E-state index contributed by atoms with van der Waals surface area (Å²) in [4.78, 5) is 22.1. The van der Waals surface area contributed by atoms with Crippen molar-refractivity contribution in [3.63, 3.8) is 0 Å². The van der Waals surface area contributed by atoms with Crippen molar-refractivity contribution in [2.75, 3.05) is 18.6 Å². The Morgan fingerprint density at radius 3 is 2.56 bits per heavy atom. The molecule has 0 radical (unpaired) electrons. The summed E-state index contributed by atoms with van der Waals surface area (Å²) < 4.78 is 4.73. The van der Waals surface area contributed by atoms with Gasteiger partial charge in [-0.1, -0.05) is 0 Å². The van der Waals surface area contributed by atoms with Gasteiger partial charge >= 0.3 is 41.5 Å². The van der Waals surface area contributed by atoms with Gasteiger partial charge < -0.3 is 15.2 Å². The molecule has 1 atom stereocenters. The first kappa shape index (κ1) is 20.2. The van der Waals surface area contributed by atoms with Crippen LogP contribution in [0.3, 0.4) is 0 Å². The molecule has 0 aliphatic heterocycles. The van der Waals surface area contributed by atoms with Gasteiger partial charge in [0.15, 0.2) is 0 Å². The molecule has 0 heterocycles. The second-order valence-electron chi connectivity index (χ2n) is 3.40. The molecule has 0 unspecified atom stereocenters. The monoisotopic (exact) mass is 285 g/mol. The maximum absolute atomic E-state index is 11.1. The van der Waals surface area contributed by atoms with Crippen molar-refractivity contribution >= 4 is 53.3 Å². The molecule has 0 aliphatic rings. The number of carbonyl (C=O) groups is 2. The summed E-state index contributed by atoms with van der Waals surface area (Å²) in [5.74, 6) is -0.640. The minimum atomic E-state index is -0.921. The van der Waals surface area contributed by atoms with E-state index in [0.29, 0.717) is 18.7 Å². The van der Waals surface area contributed by atoms with Gasteiger partial charge in [-0.2, -0.15) is 11.8 Å². The molecule has 0 aromatic rings. The first-order chi connectivity index (χ1) is 8.01. The number of ether oxygens (including phenoxy) is 1. The van der Waals surface area contributed by atoms with Crippen LogP contribution in [0.15, 0.2) is 11.8 Å². The van der Waals surface area contributed by atoms with Crippen LogP contribution < -0.4 is 5.32 Å². The van der Waals surface area contributed by atoms with E-state index in [1.165, 1.54) is 6.08 Å². The molecule has 0 saturated carbocycles. The number of hydrogen-bond acceptors (Lipinski definition) is 5. The van der Waals surface area contributed by atoms with Crippen LogP contribution in [-0.4, -0.2) is 71.3 Å². The number of esters is 1. The fourth-order valence-corrected chi connectivity index (χ4v) is 1.64. The Morgan fingerprint density at radius 1 is 1.50 bits per heavy atom. The average Bonchev–Trinajstić information content (AvgIpc) is 2.23. The molecule has 0 fully saturated rings. The number of hydrogen-bond donors (Lipinski definition) is 2. The van der Waals surface area contributed by atoms with Crippen molar-refractivity contribution < 1.29 is 19.4 Å². The number of carboxylic acids is 1. The van der Waals surface area contributed by atoms with E-state index in [1.807, 2.05) is 6.26 Å². The fourth-order valence-electron chi connectivity index (χ4n) is 1.17. The molecule has 2 N–H and O–H groups in total. The van der Waals surface area contributed by atoms with Gasteiger partial charge in [0.25, 0.3) is 0 Å². The van der Waals surface area contributed by atoms with E-state index in [-0.39, 0.29) is 29.6 Å². The van der Waals surface area contributed by atoms with E-state index in [1.54, 1.807) is 25.6 Å². The van der Waals surface area contributed by atoms with Gasteiger partial charge in [-0.05, 0) is 32.3 Å². The standard InChI is InChI=1S/C11H19NO4S.Na.H/c1-4-16-10(13)7-8(2)12-9(11(14)15)5-6-17-3;;/h7,9,12H,4-6H2,1-3H3,(H,14,15);;/b8-7+;;/t9-;;/m0../s1. The molecule has 0 bridgehead atoms. The molecule has 0 rings (SSSR count). The molecular formula is C11H20NNaO4S. The van der Waals surface area contributed by atoms with E-state index in [9.17, 15) is 9.59 Å². The van der Waals surface area contributed by atoms with Crippen LogP contribution in [0.5, 0.6) is 0 Å². The third-order valence-electron chi connectivity index (χ3n) is 1.93. The van der Waals surface area contributed by atoms with E-state index in [4.69, 9.17) is 9.84 Å². The Labute approximate surface area is 134 Å². The number of thioether (sulfide) groups is 1. The van der Waals surface area contributed by atoms with Crippen molar-refractivity contribution in [3.05, 3.63) is 11.8 Å². The van der Waals surface area contributed by atoms with Crippen molar-refractivity contribution in [3.8, 4) is 0 Å². The SMILES string of the molecule is CCOC(=O)/C=C(\C)N[C@@H](CCSC)C(=O)O.[NaH]. The van der Waals surface area contributed by atoms with Gasteiger partial charge in [-0.25, -0.2) is 9.59 Å². The van der Waals surface area contributed by atoms with Gasteiger partial charge in [0, 0.05) is 11.8 Å². The maximum atomic E-state index is 11.1. The van der Waals surface area contributed by atoms with E-state index in [0.717, 1.165) is 5.75 Å². The number of rotatable bonds is 8. The molecule has 0 spiro atoms. The summed E-state index contributed by atoms with van der Waals surface area (Å²) in [6, 6.07) is -0.673. The van der Waals surface area contributed by atoms with Gasteiger partial charge in [-0.3, -0.25) is 0 Å². The molecule has 5 nitrogen and oxygen atoms in total. The second kappa shape index (κ2) is 11.9. The molecule has 0 aromatic carbocycles. The third kappa shape index (κ3) is 9.82. The number of allylic oxidation sites excluding steroid dienone is 1. The molecule has 0 saturated heterocycles. The van der Waals surface area contributed by atoms with Gasteiger partial charge in [-0.15, -0.1) is 0 Å². The zero-order valence-corrected chi connectivity index (χ0v) is 11.2. The minimum absolute atomic E-state index is 0. The number of carboxylic acid groups (broad SMARTS) is 1. The Hall–Kier alpha value is -0.170. The van der Waals surface area contributed by atoms with Gasteiger partial charge in [0.1, 0.15) is 6.04 Å². The van der Waals surface area contributed by atoms with Crippen LogP contribution in [0.2, 0.25) is 0 Å². The van der Waals surface area contributed by atoms with Crippen LogP contribution in [0, 0.1) is 0 Å². The number of aliphatic carboxylic acids is 1. The molecule has 0 aromatic heterocycles. The predicted octanol–water partition coefficient (Wildman–Crippen LogP) is 0.601. The van der Waals surface area contributed by atoms with Crippen molar-refractivity contribution in [1.29, 1.82) is 0 Å². The molecule has 0 amide bonds. The average molecular weight is 285 g/mol. The van der Waals surface area contributed by atoms with Crippen LogP contribution in [0.1, 0.15) is 20.3 Å². The van der Waals surface area contributed by atoms with Crippen LogP contribution >= 0.6 is 11.8 Å². The number of nitrogens with one attached hydrogen (secondary N) is 1. The quantitative estimate of drug-likeness (QED) is 0.386. The first-order valence-electron chi connectivity index (χ1n) is 5.34. The van der Waals surface area contributed by atoms with E-state index in [2.05, 4.69) is 5.32 Å². The normalized spacial score (nSPS) is 12.3. The van der Waals surface area contributed by atoms with E-state index >= 15 is 0 Å².